The highest BCUT2D eigenvalue weighted by Crippen LogP contribution is 2.25. The van der Waals surface area contributed by atoms with Gasteiger partial charge in [0, 0.05) is 0 Å². The van der Waals surface area contributed by atoms with Crippen LogP contribution in [0, 0.1) is 6.92 Å². The fourth-order valence-electron chi connectivity index (χ4n) is 4.67. The molecule has 0 bridgehead atoms. The van der Waals surface area contributed by atoms with Gasteiger partial charge in [0.15, 0.2) is 0 Å². The van der Waals surface area contributed by atoms with E-state index in [1.807, 2.05) is 0 Å². The first kappa shape index (κ1) is 27.3. The molecule has 1 rings (SSSR count). The van der Waals surface area contributed by atoms with E-state index >= 15 is 0 Å². The highest BCUT2D eigenvalue weighted by Gasteiger charge is 2.08. The van der Waals surface area contributed by atoms with Crippen molar-refractivity contribution in [3.8, 4) is 0 Å². The quantitative estimate of drug-likeness (QED) is 0.166. The molecule has 0 amide bonds. The molecule has 1 aromatic carbocycles. The third-order valence-corrected chi connectivity index (χ3v) is 6.78. The van der Waals surface area contributed by atoms with Crippen molar-refractivity contribution in [3.63, 3.8) is 0 Å². The highest BCUT2D eigenvalue weighted by molar-refractivity contribution is 5.19. The Kier molecular flexibility index (Phi) is 19.5. The Balaban J connectivity index is 1.76. The Morgan fingerprint density at radius 1 is 0.533 bits per heavy atom. The van der Waals surface area contributed by atoms with Gasteiger partial charge in [-0.05, 0) is 24.3 Å². The summed E-state index contributed by atoms with van der Waals surface area (Å²) in [6.07, 6.45) is 29.9. The third-order valence-electron chi connectivity index (χ3n) is 6.78. The molecule has 0 aliphatic heterocycles. The van der Waals surface area contributed by atoms with Crippen LogP contribution in [0.25, 0.3) is 0 Å². The van der Waals surface area contributed by atoms with Crippen molar-refractivity contribution in [3.05, 3.63) is 42.8 Å². The highest BCUT2D eigenvalue weighted by atomic mass is 14.1. The molecule has 0 saturated carbocycles. The maximum absolute atomic E-state index is 4.16. The van der Waals surface area contributed by atoms with Gasteiger partial charge in [0.2, 0.25) is 0 Å². The molecule has 173 valence electrons. The van der Waals surface area contributed by atoms with Crippen LogP contribution < -0.4 is 0 Å². The van der Waals surface area contributed by atoms with Gasteiger partial charge in [-0.15, -0.1) is 0 Å². The summed E-state index contributed by atoms with van der Waals surface area (Å²) in [5, 5.41) is 0. The number of hydrogen-bond donors (Lipinski definition) is 0. The lowest BCUT2D eigenvalue weighted by molar-refractivity contribution is 0.513. The van der Waals surface area contributed by atoms with Crippen LogP contribution >= 0.6 is 0 Å². The number of hydrogen-bond acceptors (Lipinski definition) is 0. The van der Waals surface area contributed by atoms with Gasteiger partial charge < -0.3 is 0 Å². The molecule has 30 heavy (non-hydrogen) atoms. The molecule has 1 radical (unpaired) electrons. The first-order chi connectivity index (χ1) is 14.9. The zero-order chi connectivity index (χ0) is 21.5. The van der Waals surface area contributed by atoms with Crippen LogP contribution in [-0.4, -0.2) is 0 Å². The van der Waals surface area contributed by atoms with Crippen molar-refractivity contribution in [1.29, 1.82) is 0 Å². The monoisotopic (exact) mass is 413 g/mol. The van der Waals surface area contributed by atoms with E-state index < -0.39 is 0 Å². The van der Waals surface area contributed by atoms with Crippen molar-refractivity contribution in [1.82, 2.24) is 0 Å². The summed E-state index contributed by atoms with van der Waals surface area (Å²) in [5.74, 6) is 0.664. The van der Waals surface area contributed by atoms with Crippen molar-refractivity contribution in [2.45, 2.75) is 148 Å². The lowest BCUT2D eigenvalue weighted by atomic mass is 9.91. The topological polar surface area (TPSA) is 0 Å². The molecule has 1 aromatic rings. The maximum atomic E-state index is 4.16. The molecule has 0 heteroatoms. The molecule has 1 unspecified atom stereocenters. The summed E-state index contributed by atoms with van der Waals surface area (Å²) in [7, 11) is 0. The summed E-state index contributed by atoms with van der Waals surface area (Å²) in [6, 6.07) is 11.0. The number of unbranched alkanes of at least 4 members (excludes halogenated alkanes) is 18. The second-order valence-corrected chi connectivity index (χ2v) is 9.55. The van der Waals surface area contributed by atoms with Crippen LogP contribution in [0.5, 0.6) is 0 Å². The summed E-state index contributed by atoms with van der Waals surface area (Å²) >= 11 is 0. The fourth-order valence-corrected chi connectivity index (χ4v) is 4.67. The molecule has 0 spiro atoms. The molecule has 0 aliphatic rings. The number of benzene rings is 1. The Morgan fingerprint density at radius 3 is 1.27 bits per heavy atom. The third kappa shape index (κ3) is 16.0. The predicted octanol–water partition coefficient (Wildman–Crippen LogP) is 10.8. The van der Waals surface area contributed by atoms with E-state index in [4.69, 9.17) is 0 Å². The van der Waals surface area contributed by atoms with Gasteiger partial charge in [0.1, 0.15) is 0 Å². The van der Waals surface area contributed by atoms with Crippen molar-refractivity contribution in [2.24, 2.45) is 0 Å². The first-order valence-electron chi connectivity index (χ1n) is 13.7. The summed E-state index contributed by atoms with van der Waals surface area (Å²) < 4.78 is 0. The fraction of sp³-hybridized carbons (Fsp3) is 0.767. The predicted molar refractivity (Wildman–Crippen MR) is 137 cm³/mol. The average molecular weight is 414 g/mol. The number of rotatable bonds is 22. The minimum atomic E-state index is 0.664. The zero-order valence-corrected chi connectivity index (χ0v) is 20.5. The summed E-state index contributed by atoms with van der Waals surface area (Å²) in [4.78, 5) is 0. The van der Waals surface area contributed by atoms with Gasteiger partial charge in [0.25, 0.3) is 0 Å². The van der Waals surface area contributed by atoms with E-state index in [0.29, 0.717) is 5.92 Å². The second-order valence-electron chi connectivity index (χ2n) is 9.55. The Hall–Kier alpha value is -0.780. The van der Waals surface area contributed by atoms with Crippen LogP contribution in [0.3, 0.4) is 0 Å². The standard InChI is InChI=1S/C30H53/c1-3-5-6-7-8-9-10-11-12-13-14-15-16-17-18-19-20-21-23-26-29(4-2)30-27-24-22-25-28-30/h22,24-25,27-29H,2-21,23,26H2,1H3. The first-order valence-corrected chi connectivity index (χ1v) is 13.7. The maximum Gasteiger partial charge on any atom is -0.0162 e. The van der Waals surface area contributed by atoms with Crippen molar-refractivity contribution < 1.29 is 0 Å². The van der Waals surface area contributed by atoms with Crippen LogP contribution in [0.1, 0.15) is 153 Å². The Labute approximate surface area is 190 Å². The summed E-state index contributed by atoms with van der Waals surface area (Å²) in [6.45, 7) is 6.46. The van der Waals surface area contributed by atoms with Gasteiger partial charge in [-0.2, -0.15) is 0 Å². The SMILES string of the molecule is [CH2]CC(CCCCCCCCCCCCCCCCCCCCC)c1ccccc1. The van der Waals surface area contributed by atoms with Gasteiger partial charge in [0.05, 0.1) is 0 Å². The van der Waals surface area contributed by atoms with Crippen molar-refractivity contribution >= 4 is 0 Å². The molecule has 0 aromatic heterocycles. The van der Waals surface area contributed by atoms with E-state index in [-0.39, 0.29) is 0 Å². The van der Waals surface area contributed by atoms with Crippen LogP contribution in [0.4, 0.5) is 0 Å². The lowest BCUT2D eigenvalue weighted by Crippen LogP contribution is -1.97. The Bertz CT molecular complexity index is 435. The van der Waals surface area contributed by atoms with Gasteiger partial charge in [-0.25, -0.2) is 0 Å². The van der Waals surface area contributed by atoms with Crippen LogP contribution in [0.15, 0.2) is 30.3 Å². The molecule has 0 aliphatic carbocycles. The molecular formula is C30H53. The smallest absolute Gasteiger partial charge is 0.0162 e. The van der Waals surface area contributed by atoms with E-state index in [1.165, 1.54) is 134 Å². The zero-order valence-electron chi connectivity index (χ0n) is 20.5. The van der Waals surface area contributed by atoms with Gasteiger partial charge >= 0.3 is 0 Å². The minimum Gasteiger partial charge on any atom is -0.0654 e. The second kappa shape index (κ2) is 21.5. The van der Waals surface area contributed by atoms with Gasteiger partial charge in [-0.3, -0.25) is 0 Å². The largest absolute Gasteiger partial charge is 0.0654 e. The van der Waals surface area contributed by atoms with Gasteiger partial charge in [-0.1, -0.05) is 166 Å². The summed E-state index contributed by atoms with van der Waals surface area (Å²) in [5.41, 5.74) is 1.48. The Morgan fingerprint density at radius 2 is 0.900 bits per heavy atom. The molecular weight excluding hydrogens is 360 g/mol. The van der Waals surface area contributed by atoms with Crippen LogP contribution in [0.2, 0.25) is 0 Å². The molecule has 0 nitrogen and oxygen atoms in total. The normalized spacial score (nSPS) is 12.3. The van der Waals surface area contributed by atoms with Crippen LogP contribution in [-0.2, 0) is 0 Å². The van der Waals surface area contributed by atoms with E-state index in [0.717, 1.165) is 6.42 Å². The molecule has 0 N–H and O–H groups in total. The molecule has 0 fully saturated rings. The van der Waals surface area contributed by atoms with E-state index in [1.54, 1.807) is 0 Å². The van der Waals surface area contributed by atoms with E-state index in [9.17, 15) is 0 Å². The lowest BCUT2D eigenvalue weighted by Gasteiger charge is -2.15. The molecule has 1 atom stereocenters. The molecule has 0 heterocycles. The minimum absolute atomic E-state index is 0.664. The average Bonchev–Trinajstić information content (AvgIpc) is 2.78. The van der Waals surface area contributed by atoms with E-state index in [2.05, 4.69) is 44.2 Å². The molecule has 0 saturated heterocycles. The van der Waals surface area contributed by atoms with Crippen molar-refractivity contribution in [2.75, 3.05) is 0 Å².